The second-order valence-corrected chi connectivity index (χ2v) is 6.79. The molecule has 22 heavy (non-hydrogen) atoms. The lowest BCUT2D eigenvalue weighted by Gasteiger charge is -2.17. The first-order valence-electron chi connectivity index (χ1n) is 8.30. The van der Waals surface area contributed by atoms with Gasteiger partial charge in [-0.3, -0.25) is 4.79 Å². The SMILES string of the molecule is CCCCOc1ncc(Br)cc1C(=O)NC1CCCCCC1. The largest absolute Gasteiger partial charge is 0.477 e. The molecule has 0 bridgehead atoms. The minimum absolute atomic E-state index is 0.0767. The van der Waals surface area contributed by atoms with E-state index in [2.05, 4.69) is 33.2 Å². The van der Waals surface area contributed by atoms with Crippen molar-refractivity contribution in [1.82, 2.24) is 10.3 Å². The molecular weight excluding hydrogens is 344 g/mol. The number of halogens is 1. The van der Waals surface area contributed by atoms with Crippen molar-refractivity contribution in [3.63, 3.8) is 0 Å². The Labute approximate surface area is 141 Å². The molecule has 0 radical (unpaired) electrons. The van der Waals surface area contributed by atoms with Gasteiger partial charge in [0.1, 0.15) is 5.56 Å². The molecule has 0 unspecified atom stereocenters. The van der Waals surface area contributed by atoms with Crippen molar-refractivity contribution in [3.05, 3.63) is 22.3 Å². The third-order valence-corrected chi connectivity index (χ3v) is 4.42. The molecule has 1 heterocycles. The number of nitrogens with zero attached hydrogens (tertiary/aromatic N) is 1. The van der Waals surface area contributed by atoms with Gasteiger partial charge in [-0.15, -0.1) is 0 Å². The average Bonchev–Trinajstić information content (AvgIpc) is 2.77. The number of nitrogens with one attached hydrogen (secondary N) is 1. The summed E-state index contributed by atoms with van der Waals surface area (Å²) in [4.78, 5) is 16.8. The van der Waals surface area contributed by atoms with Gasteiger partial charge >= 0.3 is 0 Å². The van der Waals surface area contributed by atoms with Crippen LogP contribution in [0.3, 0.4) is 0 Å². The zero-order chi connectivity index (χ0) is 15.8. The van der Waals surface area contributed by atoms with Gasteiger partial charge in [-0.05, 0) is 41.3 Å². The Morgan fingerprint density at radius 1 is 1.36 bits per heavy atom. The van der Waals surface area contributed by atoms with Gasteiger partial charge in [0.2, 0.25) is 5.88 Å². The zero-order valence-electron chi connectivity index (χ0n) is 13.2. The number of ether oxygens (including phenoxy) is 1. The molecule has 1 aliphatic carbocycles. The van der Waals surface area contributed by atoms with Crippen molar-refractivity contribution in [3.8, 4) is 5.88 Å². The molecule has 1 N–H and O–H groups in total. The van der Waals surface area contributed by atoms with Crippen LogP contribution in [0.1, 0.15) is 68.6 Å². The summed E-state index contributed by atoms with van der Waals surface area (Å²) in [7, 11) is 0. The lowest BCUT2D eigenvalue weighted by molar-refractivity contribution is 0.0928. The summed E-state index contributed by atoms with van der Waals surface area (Å²) in [5.74, 6) is 0.356. The summed E-state index contributed by atoms with van der Waals surface area (Å²) in [5, 5.41) is 3.15. The number of amides is 1. The maximum absolute atomic E-state index is 12.6. The molecule has 1 aromatic rings. The van der Waals surface area contributed by atoms with Crippen LogP contribution in [0, 0.1) is 0 Å². The van der Waals surface area contributed by atoms with Crippen LogP contribution in [0.25, 0.3) is 0 Å². The fraction of sp³-hybridized carbons (Fsp3) is 0.647. The molecule has 1 aliphatic rings. The third kappa shape index (κ3) is 5.27. The Morgan fingerprint density at radius 2 is 2.09 bits per heavy atom. The Hall–Kier alpha value is -1.10. The van der Waals surface area contributed by atoms with Crippen molar-refractivity contribution in [2.45, 2.75) is 64.3 Å². The van der Waals surface area contributed by atoms with Gasteiger partial charge in [-0.2, -0.15) is 0 Å². The first kappa shape index (κ1) is 17.3. The quantitative estimate of drug-likeness (QED) is 0.594. The molecule has 0 spiro atoms. The second kappa shape index (κ2) is 9.13. The molecule has 0 aromatic carbocycles. The Kier molecular flexibility index (Phi) is 7.16. The van der Waals surface area contributed by atoms with E-state index in [1.165, 1.54) is 25.7 Å². The van der Waals surface area contributed by atoms with Crippen molar-refractivity contribution < 1.29 is 9.53 Å². The number of rotatable bonds is 6. The van der Waals surface area contributed by atoms with E-state index in [0.29, 0.717) is 18.1 Å². The molecule has 122 valence electrons. The number of pyridine rings is 1. The van der Waals surface area contributed by atoms with Crippen LogP contribution in [0.4, 0.5) is 0 Å². The van der Waals surface area contributed by atoms with E-state index in [1.54, 1.807) is 12.3 Å². The number of unbranched alkanes of at least 4 members (excludes halogenated alkanes) is 1. The second-order valence-electron chi connectivity index (χ2n) is 5.87. The maximum Gasteiger partial charge on any atom is 0.257 e. The number of hydrogen-bond acceptors (Lipinski definition) is 3. The molecule has 0 aliphatic heterocycles. The van der Waals surface area contributed by atoms with Crippen LogP contribution in [0.15, 0.2) is 16.7 Å². The van der Waals surface area contributed by atoms with E-state index in [4.69, 9.17) is 4.74 Å². The Morgan fingerprint density at radius 3 is 2.77 bits per heavy atom. The van der Waals surface area contributed by atoms with Gasteiger partial charge in [-0.1, -0.05) is 39.0 Å². The van der Waals surface area contributed by atoms with E-state index < -0.39 is 0 Å². The highest BCUT2D eigenvalue weighted by molar-refractivity contribution is 9.10. The lowest BCUT2D eigenvalue weighted by atomic mass is 10.1. The van der Waals surface area contributed by atoms with E-state index in [0.717, 1.165) is 30.2 Å². The standard InChI is InChI=1S/C17H25BrN2O2/c1-2-3-10-22-17-15(11-13(18)12-19-17)16(21)20-14-8-6-4-5-7-9-14/h11-12,14H,2-10H2,1H3,(H,20,21). The highest BCUT2D eigenvalue weighted by Gasteiger charge is 2.19. The average molecular weight is 369 g/mol. The number of carbonyl (C=O) groups excluding carboxylic acids is 1. The summed E-state index contributed by atoms with van der Waals surface area (Å²) in [5.41, 5.74) is 0.523. The fourth-order valence-corrected chi connectivity index (χ4v) is 3.04. The molecule has 0 saturated heterocycles. The maximum atomic E-state index is 12.6. The molecular formula is C17H25BrN2O2. The van der Waals surface area contributed by atoms with E-state index in [1.807, 2.05) is 0 Å². The van der Waals surface area contributed by atoms with Crippen molar-refractivity contribution in [2.24, 2.45) is 0 Å². The van der Waals surface area contributed by atoms with Crippen molar-refractivity contribution in [1.29, 1.82) is 0 Å². The Bertz CT molecular complexity index is 486. The molecule has 2 rings (SSSR count). The van der Waals surface area contributed by atoms with Crippen LogP contribution in [-0.2, 0) is 0 Å². The summed E-state index contributed by atoms with van der Waals surface area (Å²) >= 11 is 3.39. The van der Waals surface area contributed by atoms with Gasteiger partial charge in [0, 0.05) is 16.7 Å². The molecule has 1 amide bonds. The lowest BCUT2D eigenvalue weighted by Crippen LogP contribution is -2.34. The van der Waals surface area contributed by atoms with Crippen LogP contribution >= 0.6 is 15.9 Å². The summed E-state index contributed by atoms with van der Waals surface area (Å²) in [6, 6.07) is 2.07. The van der Waals surface area contributed by atoms with Crippen LogP contribution in [-0.4, -0.2) is 23.5 Å². The minimum atomic E-state index is -0.0767. The molecule has 5 heteroatoms. The van der Waals surface area contributed by atoms with E-state index in [-0.39, 0.29) is 11.9 Å². The van der Waals surface area contributed by atoms with Gasteiger partial charge < -0.3 is 10.1 Å². The van der Waals surface area contributed by atoms with Crippen LogP contribution < -0.4 is 10.1 Å². The zero-order valence-corrected chi connectivity index (χ0v) is 14.8. The molecule has 1 fully saturated rings. The first-order chi connectivity index (χ1) is 10.7. The van der Waals surface area contributed by atoms with E-state index in [9.17, 15) is 4.79 Å². The van der Waals surface area contributed by atoms with Gasteiger partial charge in [0.05, 0.1) is 6.61 Å². The summed E-state index contributed by atoms with van der Waals surface area (Å²) in [6.07, 6.45) is 10.8. The molecule has 4 nitrogen and oxygen atoms in total. The van der Waals surface area contributed by atoms with E-state index >= 15 is 0 Å². The van der Waals surface area contributed by atoms with Crippen molar-refractivity contribution >= 4 is 21.8 Å². The number of carbonyl (C=O) groups is 1. The smallest absolute Gasteiger partial charge is 0.257 e. The van der Waals surface area contributed by atoms with Gasteiger partial charge in [0.25, 0.3) is 5.91 Å². The summed E-state index contributed by atoms with van der Waals surface area (Å²) < 4.78 is 6.47. The topological polar surface area (TPSA) is 51.2 Å². The normalized spacial score (nSPS) is 16.1. The fourth-order valence-electron chi connectivity index (χ4n) is 2.70. The van der Waals surface area contributed by atoms with Crippen molar-refractivity contribution in [2.75, 3.05) is 6.61 Å². The Balaban J connectivity index is 2.04. The highest BCUT2D eigenvalue weighted by atomic mass is 79.9. The number of aromatic nitrogens is 1. The highest BCUT2D eigenvalue weighted by Crippen LogP contribution is 2.22. The summed E-state index contributed by atoms with van der Waals surface area (Å²) in [6.45, 7) is 2.70. The predicted molar refractivity (Wildman–Crippen MR) is 91.3 cm³/mol. The first-order valence-corrected chi connectivity index (χ1v) is 9.09. The third-order valence-electron chi connectivity index (χ3n) is 3.99. The van der Waals surface area contributed by atoms with Gasteiger partial charge in [-0.25, -0.2) is 4.98 Å². The monoisotopic (exact) mass is 368 g/mol. The number of hydrogen-bond donors (Lipinski definition) is 1. The van der Waals surface area contributed by atoms with Crippen LogP contribution in [0.2, 0.25) is 0 Å². The molecule has 1 saturated carbocycles. The molecule has 1 aromatic heterocycles. The predicted octanol–water partition coefficient (Wildman–Crippen LogP) is 4.48. The van der Waals surface area contributed by atoms with Gasteiger partial charge in [0.15, 0.2) is 0 Å². The minimum Gasteiger partial charge on any atom is -0.477 e. The van der Waals surface area contributed by atoms with Crippen LogP contribution in [0.5, 0.6) is 5.88 Å². The molecule has 0 atom stereocenters.